The van der Waals surface area contributed by atoms with Crippen LogP contribution in [0.15, 0.2) is 29.2 Å². The Bertz CT molecular complexity index is 718. The Labute approximate surface area is 120 Å². The van der Waals surface area contributed by atoms with Gasteiger partial charge in [0.15, 0.2) is 5.65 Å². The maximum absolute atomic E-state index is 12.0. The number of hydrogen-bond acceptors (Lipinski definition) is 5. The lowest BCUT2D eigenvalue weighted by Gasteiger charge is -2.12. The van der Waals surface area contributed by atoms with Crippen molar-refractivity contribution >= 4 is 17.5 Å². The fourth-order valence-corrected chi connectivity index (χ4v) is 1.82. The number of nitrogens with zero attached hydrogens (tertiary/aromatic N) is 3. The minimum atomic E-state index is -0.773. The molecular formula is C13H16N4O4. The van der Waals surface area contributed by atoms with E-state index >= 15 is 0 Å². The summed E-state index contributed by atoms with van der Waals surface area (Å²) in [5, 5.41) is 6.49. The van der Waals surface area contributed by atoms with Crippen LogP contribution in [0.2, 0.25) is 0 Å². The van der Waals surface area contributed by atoms with E-state index in [1.54, 1.807) is 31.3 Å². The predicted octanol–water partition coefficient (Wildman–Crippen LogP) is -0.436. The van der Waals surface area contributed by atoms with Crippen LogP contribution >= 0.6 is 0 Å². The first-order chi connectivity index (χ1) is 10.0. The second-order valence-electron chi connectivity index (χ2n) is 4.41. The molecule has 0 aromatic carbocycles. The highest BCUT2D eigenvalue weighted by Gasteiger charge is 2.18. The third-order valence-corrected chi connectivity index (χ3v) is 2.80. The van der Waals surface area contributed by atoms with Gasteiger partial charge in [-0.05, 0) is 26.0 Å². The van der Waals surface area contributed by atoms with Crippen LogP contribution < -0.4 is 11.0 Å². The van der Waals surface area contributed by atoms with E-state index in [1.807, 2.05) is 0 Å². The van der Waals surface area contributed by atoms with Crippen LogP contribution in [-0.2, 0) is 20.9 Å². The van der Waals surface area contributed by atoms with Crippen molar-refractivity contribution in [2.45, 2.75) is 26.4 Å². The van der Waals surface area contributed by atoms with Gasteiger partial charge in [0, 0.05) is 6.20 Å². The molecule has 0 saturated carbocycles. The number of rotatable bonds is 5. The summed E-state index contributed by atoms with van der Waals surface area (Å²) in [5.41, 5.74) is 0.0401. The van der Waals surface area contributed by atoms with Crippen molar-refractivity contribution < 1.29 is 14.3 Å². The molecular weight excluding hydrogens is 276 g/mol. The summed E-state index contributed by atoms with van der Waals surface area (Å²) >= 11 is 0. The zero-order valence-corrected chi connectivity index (χ0v) is 11.8. The van der Waals surface area contributed by atoms with Crippen LogP contribution in [0, 0.1) is 0 Å². The number of ether oxygens (including phenoxy) is 1. The first-order valence-electron chi connectivity index (χ1n) is 6.53. The molecule has 0 aliphatic carbocycles. The molecule has 2 aromatic rings. The van der Waals surface area contributed by atoms with E-state index in [1.165, 1.54) is 11.3 Å². The lowest BCUT2D eigenvalue weighted by atomic mass is 10.3. The van der Waals surface area contributed by atoms with Crippen molar-refractivity contribution in [1.29, 1.82) is 0 Å². The Kier molecular flexibility index (Phi) is 4.36. The summed E-state index contributed by atoms with van der Waals surface area (Å²) in [6, 6.07) is 4.33. The highest BCUT2D eigenvalue weighted by molar-refractivity contribution is 5.83. The SMILES string of the molecule is CCOC(=O)C(C)NC(=O)Cn1nc2ccccn2c1=O. The van der Waals surface area contributed by atoms with E-state index in [9.17, 15) is 14.4 Å². The smallest absolute Gasteiger partial charge is 0.350 e. The molecule has 0 aliphatic heterocycles. The van der Waals surface area contributed by atoms with Gasteiger partial charge in [0.05, 0.1) is 6.61 Å². The average Bonchev–Trinajstić information content (AvgIpc) is 2.76. The third kappa shape index (κ3) is 3.28. The highest BCUT2D eigenvalue weighted by Crippen LogP contribution is 1.95. The fraction of sp³-hybridized carbons (Fsp3) is 0.385. The lowest BCUT2D eigenvalue weighted by molar-refractivity contribution is -0.146. The quantitative estimate of drug-likeness (QED) is 0.754. The van der Waals surface area contributed by atoms with Crippen molar-refractivity contribution in [1.82, 2.24) is 19.5 Å². The number of esters is 1. The van der Waals surface area contributed by atoms with Crippen LogP contribution in [-0.4, -0.2) is 38.7 Å². The third-order valence-electron chi connectivity index (χ3n) is 2.80. The van der Waals surface area contributed by atoms with Gasteiger partial charge in [0.25, 0.3) is 0 Å². The number of hydrogen-bond donors (Lipinski definition) is 1. The van der Waals surface area contributed by atoms with E-state index in [4.69, 9.17) is 4.74 Å². The van der Waals surface area contributed by atoms with Crippen LogP contribution in [0.3, 0.4) is 0 Å². The number of carbonyl (C=O) groups is 2. The molecule has 2 rings (SSSR count). The summed E-state index contributed by atoms with van der Waals surface area (Å²) in [6.07, 6.45) is 1.57. The molecule has 2 aromatic heterocycles. The number of fused-ring (bicyclic) bond motifs is 1. The van der Waals surface area contributed by atoms with Crippen LogP contribution in [0.25, 0.3) is 5.65 Å². The summed E-state index contributed by atoms with van der Waals surface area (Å²) in [7, 11) is 0. The van der Waals surface area contributed by atoms with E-state index in [0.29, 0.717) is 5.65 Å². The minimum absolute atomic E-state index is 0.241. The van der Waals surface area contributed by atoms with Crippen LogP contribution in [0.4, 0.5) is 0 Å². The highest BCUT2D eigenvalue weighted by atomic mass is 16.5. The van der Waals surface area contributed by atoms with Gasteiger partial charge in [-0.2, -0.15) is 0 Å². The molecule has 8 nitrogen and oxygen atoms in total. The Morgan fingerprint density at radius 1 is 1.43 bits per heavy atom. The van der Waals surface area contributed by atoms with E-state index < -0.39 is 23.6 Å². The van der Waals surface area contributed by atoms with Gasteiger partial charge < -0.3 is 10.1 Å². The Hall–Kier alpha value is -2.64. The lowest BCUT2D eigenvalue weighted by Crippen LogP contribution is -2.42. The molecule has 8 heteroatoms. The van der Waals surface area contributed by atoms with E-state index in [2.05, 4.69) is 10.4 Å². The van der Waals surface area contributed by atoms with Gasteiger partial charge in [-0.1, -0.05) is 6.07 Å². The molecule has 1 N–H and O–H groups in total. The second kappa shape index (κ2) is 6.21. The minimum Gasteiger partial charge on any atom is -0.464 e. The number of nitrogens with one attached hydrogen (secondary N) is 1. The monoisotopic (exact) mass is 292 g/mol. The molecule has 2 heterocycles. The molecule has 0 spiro atoms. The molecule has 0 bridgehead atoms. The fourth-order valence-electron chi connectivity index (χ4n) is 1.82. The van der Waals surface area contributed by atoms with Crippen LogP contribution in [0.5, 0.6) is 0 Å². The van der Waals surface area contributed by atoms with E-state index in [0.717, 1.165) is 4.68 Å². The van der Waals surface area contributed by atoms with Gasteiger partial charge in [-0.3, -0.25) is 9.20 Å². The molecule has 0 radical (unpaired) electrons. The normalized spacial score (nSPS) is 12.1. The topological polar surface area (TPSA) is 94.7 Å². The van der Waals surface area contributed by atoms with Gasteiger partial charge in [-0.15, -0.1) is 5.10 Å². The summed E-state index contributed by atoms with van der Waals surface area (Å²) in [5.74, 6) is -1.01. The number of carbonyl (C=O) groups excluding carboxylic acids is 2. The number of aromatic nitrogens is 3. The van der Waals surface area contributed by atoms with Gasteiger partial charge in [0.1, 0.15) is 12.6 Å². The second-order valence-corrected chi connectivity index (χ2v) is 4.41. The largest absolute Gasteiger partial charge is 0.464 e. The van der Waals surface area contributed by atoms with Crippen LogP contribution in [0.1, 0.15) is 13.8 Å². The number of amides is 1. The molecule has 1 atom stereocenters. The maximum atomic E-state index is 12.0. The Balaban J connectivity index is 2.06. The van der Waals surface area contributed by atoms with Gasteiger partial charge in [0.2, 0.25) is 5.91 Å². The Morgan fingerprint density at radius 3 is 2.86 bits per heavy atom. The summed E-state index contributed by atoms with van der Waals surface area (Å²) in [6.45, 7) is 3.18. The molecule has 112 valence electrons. The van der Waals surface area contributed by atoms with Crippen molar-refractivity contribution in [3.05, 3.63) is 34.9 Å². The number of pyridine rings is 1. The Morgan fingerprint density at radius 2 is 2.19 bits per heavy atom. The average molecular weight is 292 g/mol. The van der Waals surface area contributed by atoms with Gasteiger partial charge >= 0.3 is 11.7 Å². The first kappa shape index (κ1) is 14.8. The molecule has 1 unspecified atom stereocenters. The summed E-state index contributed by atoms with van der Waals surface area (Å²) < 4.78 is 7.16. The molecule has 0 fully saturated rings. The first-order valence-corrected chi connectivity index (χ1v) is 6.53. The van der Waals surface area contributed by atoms with Crippen molar-refractivity contribution in [3.8, 4) is 0 Å². The predicted molar refractivity (Wildman–Crippen MR) is 73.7 cm³/mol. The zero-order chi connectivity index (χ0) is 15.4. The van der Waals surface area contributed by atoms with Crippen molar-refractivity contribution in [3.63, 3.8) is 0 Å². The van der Waals surface area contributed by atoms with E-state index in [-0.39, 0.29) is 13.2 Å². The van der Waals surface area contributed by atoms with Crippen molar-refractivity contribution in [2.24, 2.45) is 0 Å². The molecule has 21 heavy (non-hydrogen) atoms. The summed E-state index contributed by atoms with van der Waals surface area (Å²) in [4.78, 5) is 35.2. The van der Waals surface area contributed by atoms with Gasteiger partial charge in [-0.25, -0.2) is 14.3 Å². The maximum Gasteiger partial charge on any atom is 0.350 e. The molecule has 0 saturated heterocycles. The standard InChI is InChI=1S/C13H16N4O4/c1-3-21-12(19)9(2)14-11(18)8-17-13(20)16-7-5-4-6-10(16)15-17/h4-7,9H,3,8H2,1-2H3,(H,14,18). The zero-order valence-electron chi connectivity index (χ0n) is 11.8. The van der Waals surface area contributed by atoms with Crippen molar-refractivity contribution in [2.75, 3.05) is 6.61 Å². The molecule has 1 amide bonds. The molecule has 0 aliphatic rings.